The minimum absolute atomic E-state index is 0.0658. The zero-order valence-corrected chi connectivity index (χ0v) is 51.1. The monoisotopic (exact) mass is 1130 g/mol. The van der Waals surface area contributed by atoms with E-state index in [-0.39, 0.29) is 19.4 Å². The minimum atomic E-state index is -1.64. The molecule has 1 fully saturated rings. The van der Waals surface area contributed by atoms with Gasteiger partial charge in [-0.1, -0.05) is 277 Å². The van der Waals surface area contributed by atoms with Gasteiger partial charge in [0.15, 0.2) is 12.4 Å². The van der Waals surface area contributed by atoms with Crippen molar-refractivity contribution in [3.63, 3.8) is 0 Å². The number of nitrogens with one attached hydrogen (secondary N) is 1. The molecule has 0 saturated carbocycles. The largest absolute Gasteiger partial charge is 0.454 e. The van der Waals surface area contributed by atoms with Crippen LogP contribution in [0.4, 0.5) is 0 Å². The molecule has 81 heavy (non-hydrogen) atoms. The Labute approximate surface area is 493 Å². The normalized spacial score (nSPS) is 19.5. The Morgan fingerprint density at radius 1 is 0.506 bits per heavy atom. The molecule has 0 bridgehead atoms. The van der Waals surface area contributed by atoms with E-state index in [0.717, 1.165) is 89.9 Å². The van der Waals surface area contributed by atoms with E-state index in [9.17, 15) is 35.1 Å². The van der Waals surface area contributed by atoms with Gasteiger partial charge in [-0.2, -0.15) is 0 Å². The summed E-state index contributed by atoms with van der Waals surface area (Å²) in [6.45, 7) is 5.58. The molecule has 0 aromatic heterocycles. The maximum Gasteiger partial charge on any atom is 0.306 e. The third-order valence-corrected chi connectivity index (χ3v) is 14.5. The summed E-state index contributed by atoms with van der Waals surface area (Å²) in [7, 11) is 0. The third-order valence-electron chi connectivity index (χ3n) is 14.5. The van der Waals surface area contributed by atoms with Gasteiger partial charge in [0.05, 0.1) is 25.4 Å². The molecule has 462 valence electrons. The number of aliphatic hydroxyl groups excluding tert-OH is 5. The average Bonchev–Trinajstić information content (AvgIpc) is 3.52. The van der Waals surface area contributed by atoms with Gasteiger partial charge < -0.3 is 45.1 Å². The van der Waals surface area contributed by atoms with Crippen LogP contribution in [0.15, 0.2) is 122 Å². The molecule has 11 nitrogen and oxygen atoms in total. The van der Waals surface area contributed by atoms with E-state index >= 15 is 0 Å². The van der Waals surface area contributed by atoms with Crippen molar-refractivity contribution in [3.8, 4) is 0 Å². The Kier molecular flexibility index (Phi) is 52.4. The van der Waals surface area contributed by atoms with Crippen molar-refractivity contribution in [3.05, 3.63) is 122 Å². The number of carbonyl (C=O) groups is 2. The van der Waals surface area contributed by atoms with Crippen molar-refractivity contribution in [1.82, 2.24) is 5.32 Å². The van der Waals surface area contributed by atoms with Crippen molar-refractivity contribution in [1.29, 1.82) is 0 Å². The second kappa shape index (κ2) is 56.5. The van der Waals surface area contributed by atoms with Crippen molar-refractivity contribution in [2.75, 3.05) is 13.2 Å². The smallest absolute Gasteiger partial charge is 0.306 e. The lowest BCUT2D eigenvalue weighted by Crippen LogP contribution is -2.61. The molecule has 6 N–H and O–H groups in total. The lowest BCUT2D eigenvalue weighted by Gasteiger charge is -2.41. The first-order chi connectivity index (χ1) is 39.7. The fourth-order valence-electron chi connectivity index (χ4n) is 9.40. The standard InChI is InChI=1S/C70H117NO10/c1-4-7-10-13-16-19-22-24-26-28-29-30-31-32-33-34-36-37-39-42-45-48-51-54-57-63(74)69(78)71-61(62(73)56-53-50-47-44-41-21-18-15-12-9-6-3)60-79-70-68(67(77)66(76)64(59-72)80-70)81-65(75)58-55-52-49-46-43-40-38-35-27-25-23-20-17-14-11-8-5-2/h8,11,14,16-17,19-20,23-27,29-30,35,38,40,43,53,56,61-64,66-68,70,72-74,76-77H,4-7,9-10,12-13,15,18,21-22,28,31-34,36-37,39,41-42,44-52,54-55,57-60H2,1-3H3,(H,71,78)/b11-8-,17-14+,19-16-,23-20+,26-24-,27-25-,30-29-,38-35+,43-40+,56-53+. The van der Waals surface area contributed by atoms with Crippen LogP contribution in [0, 0.1) is 0 Å². The summed E-state index contributed by atoms with van der Waals surface area (Å²) in [5.74, 6) is -1.25. The second-order valence-electron chi connectivity index (χ2n) is 21.9. The lowest BCUT2D eigenvalue weighted by molar-refractivity contribution is -0.305. The Hall–Kier alpha value is -3.94. The maximum absolute atomic E-state index is 13.4. The molecule has 1 amide bonds. The number of rotatable bonds is 53. The van der Waals surface area contributed by atoms with Crippen LogP contribution in [0.25, 0.3) is 0 Å². The highest BCUT2D eigenvalue weighted by atomic mass is 16.7. The SMILES string of the molecule is CC\C=C/C=C/C=C/C=C\C=C\C=C\CCCCCC(=O)OC1C(OCC(NC(=O)C(O)CCCCCCCCCCCCC/C=C\C/C=C\C/C=C\CCCCC)C(O)/C=C/CCCCCCCCCCC)OC(CO)C(O)C1O. The zero-order chi connectivity index (χ0) is 58.9. The number of hydrogen-bond acceptors (Lipinski definition) is 10. The molecule has 0 aromatic carbocycles. The van der Waals surface area contributed by atoms with Gasteiger partial charge in [0, 0.05) is 6.42 Å². The van der Waals surface area contributed by atoms with Crippen LogP contribution in [-0.4, -0.2) is 99.6 Å². The first-order valence-electron chi connectivity index (χ1n) is 32.4. The molecule has 1 aliphatic rings. The van der Waals surface area contributed by atoms with Gasteiger partial charge in [0.25, 0.3) is 0 Å². The summed E-state index contributed by atoms with van der Waals surface area (Å²) in [5.41, 5.74) is 0. The Balaban J connectivity index is 2.64. The third kappa shape index (κ3) is 44.3. The molecule has 0 radical (unpaired) electrons. The van der Waals surface area contributed by atoms with E-state index in [1.807, 2.05) is 66.8 Å². The number of allylic oxidation sites excluding steroid dienone is 19. The van der Waals surface area contributed by atoms with Crippen LogP contribution in [0.5, 0.6) is 0 Å². The van der Waals surface area contributed by atoms with Crippen LogP contribution in [0.1, 0.15) is 245 Å². The molecule has 0 aliphatic carbocycles. The van der Waals surface area contributed by atoms with Crippen molar-refractivity contribution in [2.45, 2.75) is 294 Å². The van der Waals surface area contributed by atoms with Gasteiger partial charge in [-0.3, -0.25) is 9.59 Å². The van der Waals surface area contributed by atoms with Gasteiger partial charge in [0.1, 0.15) is 24.4 Å². The summed E-state index contributed by atoms with van der Waals surface area (Å²) < 4.78 is 17.6. The van der Waals surface area contributed by atoms with E-state index in [1.165, 1.54) is 109 Å². The molecule has 0 aromatic rings. The van der Waals surface area contributed by atoms with E-state index in [1.54, 1.807) is 6.08 Å². The summed E-state index contributed by atoms with van der Waals surface area (Å²) in [6.07, 6.45) is 68.1. The fourth-order valence-corrected chi connectivity index (χ4v) is 9.40. The van der Waals surface area contributed by atoms with Crippen molar-refractivity contribution in [2.24, 2.45) is 0 Å². The number of carbonyl (C=O) groups excluding carboxylic acids is 2. The van der Waals surface area contributed by atoms with Gasteiger partial charge in [-0.25, -0.2) is 0 Å². The summed E-state index contributed by atoms with van der Waals surface area (Å²) in [5, 5.41) is 57.0. The Bertz CT molecular complexity index is 1780. The van der Waals surface area contributed by atoms with Crippen LogP contribution in [-0.2, 0) is 23.8 Å². The van der Waals surface area contributed by atoms with E-state index in [4.69, 9.17) is 14.2 Å². The summed E-state index contributed by atoms with van der Waals surface area (Å²) in [6, 6.07) is -1.04. The van der Waals surface area contributed by atoms with Crippen molar-refractivity contribution >= 4 is 11.9 Å². The van der Waals surface area contributed by atoms with Crippen LogP contribution in [0.2, 0.25) is 0 Å². The lowest BCUT2D eigenvalue weighted by atomic mass is 9.99. The molecule has 0 spiro atoms. The summed E-state index contributed by atoms with van der Waals surface area (Å²) in [4.78, 5) is 26.6. The van der Waals surface area contributed by atoms with Gasteiger partial charge in [-0.05, 0) is 83.5 Å². The van der Waals surface area contributed by atoms with Gasteiger partial charge in [-0.15, -0.1) is 0 Å². The Morgan fingerprint density at radius 3 is 1.47 bits per heavy atom. The number of amides is 1. The molecule has 1 heterocycles. The van der Waals surface area contributed by atoms with E-state index in [0.29, 0.717) is 12.8 Å². The highest BCUT2D eigenvalue weighted by molar-refractivity contribution is 5.80. The second-order valence-corrected chi connectivity index (χ2v) is 21.9. The molecule has 1 rings (SSSR count). The van der Waals surface area contributed by atoms with Crippen LogP contribution in [0.3, 0.4) is 0 Å². The van der Waals surface area contributed by atoms with Crippen molar-refractivity contribution < 1.29 is 49.3 Å². The predicted molar refractivity (Wildman–Crippen MR) is 338 cm³/mol. The van der Waals surface area contributed by atoms with E-state index < -0.39 is 67.4 Å². The number of aliphatic hydroxyl groups is 5. The zero-order valence-electron chi connectivity index (χ0n) is 51.1. The molecule has 8 unspecified atom stereocenters. The summed E-state index contributed by atoms with van der Waals surface area (Å²) >= 11 is 0. The first-order valence-corrected chi connectivity index (χ1v) is 32.4. The quantitative estimate of drug-likeness (QED) is 0.0149. The fraction of sp³-hybridized carbons (Fsp3) is 0.686. The molecular weight excluding hydrogens is 1010 g/mol. The van der Waals surface area contributed by atoms with Crippen LogP contribution < -0.4 is 5.32 Å². The topological polar surface area (TPSA) is 175 Å². The number of ether oxygens (including phenoxy) is 3. The predicted octanol–water partition coefficient (Wildman–Crippen LogP) is 15.8. The highest BCUT2D eigenvalue weighted by Crippen LogP contribution is 2.26. The number of unbranched alkanes of at least 4 members (excludes halogenated alkanes) is 26. The molecule has 1 saturated heterocycles. The molecular formula is C70H117NO10. The first kappa shape index (κ1) is 75.1. The maximum atomic E-state index is 13.4. The molecule has 1 aliphatic heterocycles. The number of hydrogen-bond donors (Lipinski definition) is 6. The van der Waals surface area contributed by atoms with Crippen LogP contribution >= 0.6 is 0 Å². The van der Waals surface area contributed by atoms with Gasteiger partial charge >= 0.3 is 5.97 Å². The molecule has 8 atom stereocenters. The molecule has 11 heteroatoms. The Morgan fingerprint density at radius 2 is 0.938 bits per heavy atom. The highest BCUT2D eigenvalue weighted by Gasteiger charge is 2.47. The average molecular weight is 1130 g/mol. The minimum Gasteiger partial charge on any atom is -0.454 e. The number of esters is 1. The van der Waals surface area contributed by atoms with E-state index in [2.05, 4.69) is 74.7 Å². The van der Waals surface area contributed by atoms with Gasteiger partial charge in [0.2, 0.25) is 5.91 Å².